The topological polar surface area (TPSA) is 48.6 Å². The van der Waals surface area contributed by atoms with Gasteiger partial charge in [0.15, 0.2) is 0 Å². The van der Waals surface area contributed by atoms with Crippen LogP contribution in [0, 0.1) is 6.07 Å². The summed E-state index contributed by atoms with van der Waals surface area (Å²) in [5.74, 6) is 0. The Morgan fingerprint density at radius 2 is 2.33 bits per heavy atom. The number of aromatic amines is 2. The SMILES string of the molecule is O=c1[nH]cc(-c2c[c]ccc2)[nH]1. The number of nitrogens with one attached hydrogen (secondary N) is 2. The molecule has 0 spiro atoms. The summed E-state index contributed by atoms with van der Waals surface area (Å²) in [5, 5.41) is 0. The summed E-state index contributed by atoms with van der Waals surface area (Å²) in [6, 6.07) is 10.4. The summed E-state index contributed by atoms with van der Waals surface area (Å²) in [7, 11) is 0. The van der Waals surface area contributed by atoms with Crippen LogP contribution < -0.4 is 5.69 Å². The zero-order valence-corrected chi connectivity index (χ0v) is 6.29. The predicted octanol–water partition coefficient (Wildman–Crippen LogP) is 1.17. The fourth-order valence-corrected chi connectivity index (χ4v) is 1.05. The number of hydrogen-bond acceptors (Lipinski definition) is 1. The summed E-state index contributed by atoms with van der Waals surface area (Å²) in [6.07, 6.45) is 1.64. The van der Waals surface area contributed by atoms with Gasteiger partial charge in [0.1, 0.15) is 0 Å². The predicted molar refractivity (Wildman–Crippen MR) is 45.7 cm³/mol. The van der Waals surface area contributed by atoms with Gasteiger partial charge in [0.2, 0.25) is 0 Å². The van der Waals surface area contributed by atoms with E-state index in [1.165, 1.54) is 0 Å². The van der Waals surface area contributed by atoms with E-state index in [4.69, 9.17) is 0 Å². The fourth-order valence-electron chi connectivity index (χ4n) is 1.05. The van der Waals surface area contributed by atoms with Crippen molar-refractivity contribution >= 4 is 0 Å². The molecule has 0 bridgehead atoms. The lowest BCUT2D eigenvalue weighted by Crippen LogP contribution is -1.99. The minimum absolute atomic E-state index is 0.186. The van der Waals surface area contributed by atoms with Gasteiger partial charge in [-0.05, 0) is 12.1 Å². The minimum atomic E-state index is -0.186. The van der Waals surface area contributed by atoms with E-state index < -0.39 is 0 Å². The lowest BCUT2D eigenvalue weighted by molar-refractivity contribution is 1.19. The van der Waals surface area contributed by atoms with Crippen LogP contribution >= 0.6 is 0 Å². The summed E-state index contributed by atoms with van der Waals surface area (Å²) >= 11 is 0. The maximum absolute atomic E-state index is 10.7. The van der Waals surface area contributed by atoms with E-state index in [9.17, 15) is 4.79 Å². The molecule has 0 saturated carbocycles. The first-order valence-corrected chi connectivity index (χ1v) is 3.60. The van der Waals surface area contributed by atoms with Gasteiger partial charge in [0.05, 0.1) is 5.69 Å². The van der Waals surface area contributed by atoms with Crippen molar-refractivity contribution < 1.29 is 0 Å². The van der Waals surface area contributed by atoms with Crippen LogP contribution in [-0.4, -0.2) is 9.97 Å². The summed E-state index contributed by atoms with van der Waals surface area (Å²) in [5.41, 5.74) is 1.56. The highest BCUT2D eigenvalue weighted by Gasteiger charge is 1.96. The van der Waals surface area contributed by atoms with Gasteiger partial charge in [-0.3, -0.25) is 0 Å². The molecule has 0 aliphatic carbocycles. The van der Waals surface area contributed by atoms with Gasteiger partial charge in [-0.1, -0.05) is 18.2 Å². The Labute approximate surface area is 69.1 Å². The number of aromatic nitrogens is 2. The number of hydrogen-bond donors (Lipinski definition) is 2. The number of rotatable bonds is 1. The molecule has 3 nitrogen and oxygen atoms in total. The van der Waals surface area contributed by atoms with Crippen LogP contribution in [0.4, 0.5) is 0 Å². The highest BCUT2D eigenvalue weighted by atomic mass is 16.1. The molecule has 59 valence electrons. The summed E-state index contributed by atoms with van der Waals surface area (Å²) in [4.78, 5) is 15.9. The number of H-pyrrole nitrogens is 2. The molecule has 1 heterocycles. The van der Waals surface area contributed by atoms with E-state index in [1.54, 1.807) is 6.20 Å². The molecule has 1 aromatic carbocycles. The van der Waals surface area contributed by atoms with Crippen molar-refractivity contribution in [1.29, 1.82) is 0 Å². The second-order valence-electron chi connectivity index (χ2n) is 2.45. The van der Waals surface area contributed by atoms with Crippen LogP contribution in [-0.2, 0) is 0 Å². The van der Waals surface area contributed by atoms with Crippen molar-refractivity contribution in [2.45, 2.75) is 0 Å². The van der Waals surface area contributed by atoms with Crippen molar-refractivity contribution in [2.24, 2.45) is 0 Å². The van der Waals surface area contributed by atoms with Crippen LogP contribution in [0.25, 0.3) is 11.3 Å². The maximum atomic E-state index is 10.7. The van der Waals surface area contributed by atoms with Crippen molar-refractivity contribution in [3.8, 4) is 11.3 Å². The normalized spacial score (nSPS) is 10.0. The second kappa shape index (κ2) is 2.70. The zero-order valence-electron chi connectivity index (χ0n) is 6.29. The smallest absolute Gasteiger partial charge is 0.312 e. The molecule has 0 unspecified atom stereocenters. The third-order valence-electron chi connectivity index (χ3n) is 1.61. The highest BCUT2D eigenvalue weighted by Crippen LogP contribution is 2.12. The highest BCUT2D eigenvalue weighted by molar-refractivity contribution is 5.57. The van der Waals surface area contributed by atoms with Crippen molar-refractivity contribution in [3.05, 3.63) is 47.0 Å². The Morgan fingerprint density at radius 3 is 2.92 bits per heavy atom. The quantitative estimate of drug-likeness (QED) is 0.644. The van der Waals surface area contributed by atoms with Gasteiger partial charge >= 0.3 is 5.69 Å². The first-order chi connectivity index (χ1) is 5.86. The molecule has 2 aromatic rings. The molecule has 0 saturated heterocycles. The molecule has 0 fully saturated rings. The minimum Gasteiger partial charge on any atom is -0.312 e. The van der Waals surface area contributed by atoms with E-state index in [-0.39, 0.29) is 5.69 Å². The molecule has 1 aromatic heterocycles. The molecule has 0 aliphatic rings. The van der Waals surface area contributed by atoms with E-state index in [0.717, 1.165) is 11.3 Å². The number of imidazole rings is 1. The number of benzene rings is 1. The van der Waals surface area contributed by atoms with Gasteiger partial charge in [0.25, 0.3) is 0 Å². The Morgan fingerprint density at radius 1 is 1.42 bits per heavy atom. The first-order valence-electron chi connectivity index (χ1n) is 3.60. The Kier molecular flexibility index (Phi) is 1.55. The van der Waals surface area contributed by atoms with Crippen LogP contribution in [0.5, 0.6) is 0 Å². The van der Waals surface area contributed by atoms with Gasteiger partial charge in [0, 0.05) is 11.8 Å². The maximum Gasteiger partial charge on any atom is 0.323 e. The van der Waals surface area contributed by atoms with E-state index >= 15 is 0 Å². The van der Waals surface area contributed by atoms with E-state index in [2.05, 4.69) is 16.0 Å². The molecule has 1 radical (unpaired) electrons. The molecule has 2 rings (SSSR count). The molecule has 2 N–H and O–H groups in total. The van der Waals surface area contributed by atoms with Gasteiger partial charge in [-0.2, -0.15) is 0 Å². The molecule has 12 heavy (non-hydrogen) atoms. The second-order valence-corrected chi connectivity index (χ2v) is 2.45. The molecule has 0 atom stereocenters. The van der Waals surface area contributed by atoms with Crippen molar-refractivity contribution in [2.75, 3.05) is 0 Å². The third-order valence-corrected chi connectivity index (χ3v) is 1.61. The van der Waals surface area contributed by atoms with Crippen molar-refractivity contribution in [1.82, 2.24) is 9.97 Å². The average Bonchev–Trinajstić information content (AvgIpc) is 2.54. The lowest BCUT2D eigenvalue weighted by Gasteiger charge is -1.92. The molecule has 0 amide bonds. The van der Waals surface area contributed by atoms with Crippen LogP contribution in [0.3, 0.4) is 0 Å². The fraction of sp³-hybridized carbons (Fsp3) is 0. The Balaban J connectivity index is 2.51. The van der Waals surface area contributed by atoms with Gasteiger partial charge < -0.3 is 9.97 Å². The van der Waals surface area contributed by atoms with E-state index in [1.807, 2.05) is 24.3 Å². The van der Waals surface area contributed by atoms with Crippen LogP contribution in [0.15, 0.2) is 35.3 Å². The van der Waals surface area contributed by atoms with Gasteiger partial charge in [-0.15, -0.1) is 0 Å². The standard InChI is InChI=1S/C9H7N2O/c12-9-10-6-8(11-9)7-4-2-1-3-5-7/h1-2,4-6H,(H2,10,11,12). The Bertz CT molecular complexity index is 413. The Hall–Kier alpha value is -1.77. The van der Waals surface area contributed by atoms with E-state index in [0.29, 0.717) is 0 Å². The molecular formula is C9H7N2O. The first kappa shape index (κ1) is 6.91. The average molecular weight is 159 g/mol. The monoisotopic (exact) mass is 159 g/mol. The van der Waals surface area contributed by atoms with Crippen molar-refractivity contribution in [3.63, 3.8) is 0 Å². The van der Waals surface area contributed by atoms with Gasteiger partial charge in [-0.25, -0.2) is 4.79 Å². The molecule has 0 aliphatic heterocycles. The summed E-state index contributed by atoms with van der Waals surface area (Å²) < 4.78 is 0. The zero-order chi connectivity index (χ0) is 8.39. The van der Waals surface area contributed by atoms with Crippen LogP contribution in [0.1, 0.15) is 0 Å². The van der Waals surface area contributed by atoms with Crippen LogP contribution in [0.2, 0.25) is 0 Å². The summed E-state index contributed by atoms with van der Waals surface area (Å²) in [6.45, 7) is 0. The molecular weight excluding hydrogens is 152 g/mol. The largest absolute Gasteiger partial charge is 0.323 e. The third kappa shape index (κ3) is 1.16. The molecule has 3 heteroatoms. The lowest BCUT2D eigenvalue weighted by atomic mass is 10.2.